The van der Waals surface area contributed by atoms with E-state index in [1.165, 1.54) is 0 Å². The molecular formula is C13H20ClNO2. The fourth-order valence-corrected chi connectivity index (χ4v) is 2.47. The maximum atomic E-state index is 6.14. The smallest absolute Gasteiger partial charge is 0.179 e. The molecule has 0 bridgehead atoms. The van der Waals surface area contributed by atoms with Crippen LogP contribution >= 0.6 is 11.6 Å². The van der Waals surface area contributed by atoms with Crippen LogP contribution in [0.4, 0.5) is 0 Å². The second-order valence-electron chi connectivity index (χ2n) is 4.13. The molecule has 96 valence electrons. The first-order chi connectivity index (χ1) is 8.06. The van der Waals surface area contributed by atoms with Crippen LogP contribution in [-0.2, 0) is 0 Å². The number of benzene rings is 1. The average molecular weight is 258 g/mol. The van der Waals surface area contributed by atoms with E-state index in [0.717, 1.165) is 23.3 Å². The van der Waals surface area contributed by atoms with Gasteiger partial charge in [-0.3, -0.25) is 0 Å². The molecule has 0 radical (unpaired) electrons. The van der Waals surface area contributed by atoms with Crippen molar-refractivity contribution in [3.8, 4) is 11.5 Å². The van der Waals surface area contributed by atoms with Crippen molar-refractivity contribution >= 4 is 11.6 Å². The molecule has 3 nitrogen and oxygen atoms in total. The van der Waals surface area contributed by atoms with Crippen molar-refractivity contribution in [2.24, 2.45) is 5.73 Å². The van der Waals surface area contributed by atoms with Gasteiger partial charge in [-0.1, -0.05) is 18.5 Å². The largest absolute Gasteiger partial charge is 0.492 e. The van der Waals surface area contributed by atoms with Crippen LogP contribution in [0.2, 0.25) is 5.02 Å². The summed E-state index contributed by atoms with van der Waals surface area (Å²) in [5.41, 5.74) is 7.84. The van der Waals surface area contributed by atoms with Gasteiger partial charge in [-0.05, 0) is 37.4 Å². The molecule has 1 aromatic rings. The van der Waals surface area contributed by atoms with Gasteiger partial charge in [-0.2, -0.15) is 0 Å². The molecule has 4 heteroatoms. The number of hydrogen-bond acceptors (Lipinski definition) is 3. The SMILES string of the molecule is COc1c(Cl)cc(C)c(C(C)CCN)c1OC. The third kappa shape index (κ3) is 2.85. The van der Waals surface area contributed by atoms with Gasteiger partial charge in [0.2, 0.25) is 0 Å². The summed E-state index contributed by atoms with van der Waals surface area (Å²) in [7, 11) is 3.22. The molecule has 1 atom stereocenters. The molecule has 0 fully saturated rings. The maximum Gasteiger partial charge on any atom is 0.179 e. The van der Waals surface area contributed by atoms with Gasteiger partial charge in [-0.25, -0.2) is 0 Å². The van der Waals surface area contributed by atoms with E-state index < -0.39 is 0 Å². The van der Waals surface area contributed by atoms with E-state index in [-0.39, 0.29) is 0 Å². The Labute approximate surface area is 108 Å². The molecular weight excluding hydrogens is 238 g/mol. The van der Waals surface area contributed by atoms with Crippen molar-refractivity contribution < 1.29 is 9.47 Å². The number of nitrogens with two attached hydrogens (primary N) is 1. The highest BCUT2D eigenvalue weighted by Crippen LogP contribution is 2.43. The lowest BCUT2D eigenvalue weighted by Gasteiger charge is -2.21. The minimum Gasteiger partial charge on any atom is -0.492 e. The van der Waals surface area contributed by atoms with E-state index in [1.54, 1.807) is 14.2 Å². The Kier molecular flexibility index (Phi) is 5.09. The van der Waals surface area contributed by atoms with Crippen molar-refractivity contribution in [3.63, 3.8) is 0 Å². The fourth-order valence-electron chi connectivity index (χ4n) is 2.14. The van der Waals surface area contributed by atoms with Crippen LogP contribution in [0.5, 0.6) is 11.5 Å². The van der Waals surface area contributed by atoms with Crippen LogP contribution in [-0.4, -0.2) is 20.8 Å². The third-order valence-electron chi connectivity index (χ3n) is 2.94. The minimum absolute atomic E-state index is 0.320. The van der Waals surface area contributed by atoms with Crippen molar-refractivity contribution in [3.05, 3.63) is 22.2 Å². The summed E-state index contributed by atoms with van der Waals surface area (Å²) < 4.78 is 10.7. The topological polar surface area (TPSA) is 44.5 Å². The lowest BCUT2D eigenvalue weighted by Crippen LogP contribution is -2.08. The summed E-state index contributed by atoms with van der Waals surface area (Å²) in [6.07, 6.45) is 0.905. The Morgan fingerprint density at radius 1 is 1.29 bits per heavy atom. The molecule has 1 rings (SSSR count). The summed E-state index contributed by atoms with van der Waals surface area (Å²) in [5, 5.41) is 0.575. The van der Waals surface area contributed by atoms with E-state index in [1.807, 2.05) is 13.0 Å². The molecule has 0 aromatic heterocycles. The first kappa shape index (κ1) is 14.1. The normalized spacial score (nSPS) is 12.4. The molecule has 17 heavy (non-hydrogen) atoms. The highest BCUT2D eigenvalue weighted by Gasteiger charge is 2.20. The molecule has 0 aliphatic carbocycles. The van der Waals surface area contributed by atoms with Crippen molar-refractivity contribution in [1.29, 1.82) is 0 Å². The van der Waals surface area contributed by atoms with Gasteiger partial charge in [-0.15, -0.1) is 0 Å². The summed E-state index contributed by atoms with van der Waals surface area (Å²) in [4.78, 5) is 0. The van der Waals surface area contributed by atoms with Gasteiger partial charge in [0.05, 0.1) is 19.2 Å². The van der Waals surface area contributed by atoms with Crippen LogP contribution in [0.25, 0.3) is 0 Å². The van der Waals surface area contributed by atoms with Crippen LogP contribution in [0, 0.1) is 6.92 Å². The zero-order valence-electron chi connectivity index (χ0n) is 10.8. The van der Waals surface area contributed by atoms with Gasteiger partial charge in [0.15, 0.2) is 11.5 Å². The van der Waals surface area contributed by atoms with E-state index in [0.29, 0.717) is 23.2 Å². The van der Waals surface area contributed by atoms with Crippen molar-refractivity contribution in [2.75, 3.05) is 20.8 Å². The summed E-state index contributed by atoms with van der Waals surface area (Å²) in [6.45, 7) is 4.80. The lowest BCUT2D eigenvalue weighted by atomic mass is 9.92. The summed E-state index contributed by atoms with van der Waals surface area (Å²) in [5.74, 6) is 1.64. The quantitative estimate of drug-likeness (QED) is 0.882. The molecule has 0 saturated heterocycles. The second-order valence-corrected chi connectivity index (χ2v) is 4.54. The molecule has 0 amide bonds. The Balaban J connectivity index is 3.36. The molecule has 2 N–H and O–H groups in total. The second kappa shape index (κ2) is 6.12. The van der Waals surface area contributed by atoms with Gasteiger partial charge in [0.25, 0.3) is 0 Å². The fraction of sp³-hybridized carbons (Fsp3) is 0.538. The monoisotopic (exact) mass is 257 g/mol. The summed E-state index contributed by atoms with van der Waals surface area (Å²) in [6, 6.07) is 1.91. The van der Waals surface area contributed by atoms with Gasteiger partial charge < -0.3 is 15.2 Å². The number of ether oxygens (including phenoxy) is 2. The molecule has 0 aliphatic heterocycles. The first-order valence-corrected chi connectivity index (χ1v) is 6.05. The zero-order valence-corrected chi connectivity index (χ0v) is 11.6. The van der Waals surface area contributed by atoms with Crippen LogP contribution in [0.1, 0.15) is 30.4 Å². The number of halogens is 1. The average Bonchev–Trinajstić information content (AvgIpc) is 2.28. The molecule has 0 heterocycles. The van der Waals surface area contributed by atoms with E-state index in [4.69, 9.17) is 26.8 Å². The molecule has 0 spiro atoms. The minimum atomic E-state index is 0.320. The van der Waals surface area contributed by atoms with E-state index in [9.17, 15) is 0 Å². The predicted molar refractivity (Wildman–Crippen MR) is 71.4 cm³/mol. The molecule has 0 aliphatic rings. The Morgan fingerprint density at radius 2 is 1.88 bits per heavy atom. The van der Waals surface area contributed by atoms with Crippen LogP contribution < -0.4 is 15.2 Å². The maximum absolute atomic E-state index is 6.14. The number of aryl methyl sites for hydroxylation is 1. The lowest BCUT2D eigenvalue weighted by molar-refractivity contribution is 0.349. The van der Waals surface area contributed by atoms with Crippen molar-refractivity contribution in [1.82, 2.24) is 0 Å². The van der Waals surface area contributed by atoms with Gasteiger partial charge >= 0.3 is 0 Å². The van der Waals surface area contributed by atoms with Crippen molar-refractivity contribution in [2.45, 2.75) is 26.2 Å². The predicted octanol–water partition coefficient (Wildman–Crippen LogP) is 3.12. The number of hydrogen-bond donors (Lipinski definition) is 1. The number of rotatable bonds is 5. The Hall–Kier alpha value is -0.930. The highest BCUT2D eigenvalue weighted by atomic mass is 35.5. The van der Waals surface area contributed by atoms with Crippen LogP contribution in [0.3, 0.4) is 0 Å². The van der Waals surface area contributed by atoms with E-state index >= 15 is 0 Å². The molecule has 1 aromatic carbocycles. The van der Waals surface area contributed by atoms with Gasteiger partial charge in [0.1, 0.15) is 0 Å². The van der Waals surface area contributed by atoms with Gasteiger partial charge in [0, 0.05) is 5.56 Å². The highest BCUT2D eigenvalue weighted by molar-refractivity contribution is 6.32. The molecule has 1 unspecified atom stereocenters. The zero-order chi connectivity index (χ0) is 13.0. The Morgan fingerprint density at radius 3 is 2.35 bits per heavy atom. The van der Waals surface area contributed by atoms with E-state index in [2.05, 4.69) is 6.92 Å². The Bertz CT molecular complexity index is 393. The molecule has 0 saturated carbocycles. The third-order valence-corrected chi connectivity index (χ3v) is 3.22. The standard InChI is InChI=1S/C13H20ClNO2/c1-8(5-6-15)11-9(2)7-10(14)12(16-3)13(11)17-4/h7-8H,5-6,15H2,1-4H3. The summed E-state index contributed by atoms with van der Waals surface area (Å²) >= 11 is 6.14. The van der Waals surface area contributed by atoms with Crippen LogP contribution in [0.15, 0.2) is 6.07 Å². The first-order valence-electron chi connectivity index (χ1n) is 5.67. The number of methoxy groups -OCH3 is 2.